The lowest BCUT2D eigenvalue weighted by atomic mass is 9.89. The van der Waals surface area contributed by atoms with Crippen LogP contribution < -0.4 is 13.7 Å². The zero-order valence-electron chi connectivity index (χ0n) is 31.0. The molecule has 50 heavy (non-hydrogen) atoms. The molecule has 0 atom stereocenters. The maximum Gasteiger partial charge on any atom is 0.415 e. The van der Waals surface area contributed by atoms with Crippen LogP contribution in [0.15, 0.2) is 29.2 Å². The number of aryl methyl sites for hydroxylation is 1. The first-order valence-corrected chi connectivity index (χ1v) is 18.6. The highest BCUT2D eigenvalue weighted by molar-refractivity contribution is 7.87. The summed E-state index contributed by atoms with van der Waals surface area (Å²) >= 11 is 0. The Morgan fingerprint density at radius 1 is 0.860 bits per heavy atom. The third-order valence-electron chi connectivity index (χ3n) is 9.12. The summed E-state index contributed by atoms with van der Waals surface area (Å²) in [4.78, 5) is 38.8. The van der Waals surface area contributed by atoms with Crippen molar-refractivity contribution >= 4 is 33.2 Å². The molecule has 1 aromatic heterocycles. The molecule has 1 saturated carbocycles. The highest BCUT2D eigenvalue weighted by Crippen LogP contribution is 2.46. The fourth-order valence-corrected chi connectivity index (χ4v) is 7.90. The van der Waals surface area contributed by atoms with Crippen LogP contribution in [0.4, 0.5) is 9.59 Å². The number of benzene rings is 2. The Morgan fingerprint density at radius 2 is 1.48 bits per heavy atom. The third-order valence-corrected chi connectivity index (χ3v) is 10.5. The molecule has 272 valence electrons. The Kier molecular flexibility index (Phi) is 10.1. The minimum Gasteiger partial charge on any atom is -0.493 e. The van der Waals surface area contributed by atoms with Crippen molar-refractivity contribution in [2.45, 2.75) is 116 Å². The van der Waals surface area contributed by atoms with Crippen LogP contribution in [0, 0.1) is 6.92 Å². The van der Waals surface area contributed by atoms with Gasteiger partial charge in [-0.05, 0) is 81.0 Å². The average molecular weight is 711 g/mol. The second-order valence-electron chi connectivity index (χ2n) is 15.3. The number of methoxy groups -OCH3 is 1. The van der Waals surface area contributed by atoms with Crippen molar-refractivity contribution in [2.75, 3.05) is 26.7 Å². The molecule has 0 N–H and O–H groups in total. The van der Waals surface area contributed by atoms with Gasteiger partial charge in [0.15, 0.2) is 11.5 Å². The summed E-state index contributed by atoms with van der Waals surface area (Å²) in [5, 5.41) is 0.231. The van der Waals surface area contributed by atoms with Gasteiger partial charge >= 0.3 is 22.3 Å². The molecule has 5 rings (SSSR count). The number of hydrogen-bond acceptors (Lipinski definition) is 10. The van der Waals surface area contributed by atoms with E-state index in [0.717, 1.165) is 5.56 Å². The van der Waals surface area contributed by atoms with Gasteiger partial charge in [-0.2, -0.15) is 13.4 Å². The number of aromatic nitrogens is 2. The van der Waals surface area contributed by atoms with E-state index in [1.165, 1.54) is 13.2 Å². The first-order chi connectivity index (χ1) is 23.2. The van der Waals surface area contributed by atoms with Crippen molar-refractivity contribution in [3.05, 3.63) is 46.8 Å². The minimum atomic E-state index is -4.40. The quantitative estimate of drug-likeness (QED) is 0.214. The van der Waals surface area contributed by atoms with E-state index in [9.17, 15) is 18.0 Å². The van der Waals surface area contributed by atoms with Gasteiger partial charge in [-0.1, -0.05) is 53.7 Å². The smallest absolute Gasteiger partial charge is 0.415 e. The van der Waals surface area contributed by atoms with Gasteiger partial charge in [0, 0.05) is 25.7 Å². The molecule has 1 aliphatic heterocycles. The second-order valence-corrected chi connectivity index (χ2v) is 16.8. The van der Waals surface area contributed by atoms with E-state index in [4.69, 9.17) is 18.4 Å². The highest BCUT2D eigenvalue weighted by Gasteiger charge is 2.55. The SMILES string of the molecule is COc1cc2nc(C)nc(OS(=O)(=O)c3c(C(C)C)cc(C(C)C)cc3C(C)C)c2cc1OC(=O)N1CCN(C(=O)OC(C)(C)C)CC12CC2. The number of hydrogen-bond donors (Lipinski definition) is 0. The second kappa shape index (κ2) is 13.5. The maximum atomic E-state index is 14.3. The molecular formula is C37H50N4O8S. The summed E-state index contributed by atoms with van der Waals surface area (Å²) in [6.07, 6.45) is 0.408. The van der Waals surface area contributed by atoms with E-state index in [0.29, 0.717) is 42.6 Å². The van der Waals surface area contributed by atoms with Crippen molar-refractivity contribution in [1.29, 1.82) is 0 Å². The molecule has 0 bridgehead atoms. The molecule has 2 fully saturated rings. The van der Waals surface area contributed by atoms with Gasteiger partial charge in [0.1, 0.15) is 16.3 Å². The number of fused-ring (bicyclic) bond motifs is 1. The fourth-order valence-electron chi connectivity index (χ4n) is 6.31. The average Bonchev–Trinajstić information content (AvgIpc) is 3.77. The first-order valence-electron chi connectivity index (χ1n) is 17.2. The molecule has 2 amide bonds. The van der Waals surface area contributed by atoms with Crippen molar-refractivity contribution in [2.24, 2.45) is 0 Å². The molecule has 0 unspecified atom stereocenters. The molecular weight excluding hydrogens is 660 g/mol. The Balaban J connectivity index is 1.49. The maximum absolute atomic E-state index is 14.3. The molecule has 2 heterocycles. The van der Waals surface area contributed by atoms with Crippen LogP contribution in [0.25, 0.3) is 10.9 Å². The van der Waals surface area contributed by atoms with Crippen LogP contribution >= 0.6 is 0 Å². The Hall–Kier alpha value is -4.13. The zero-order chi connectivity index (χ0) is 36.9. The predicted octanol–water partition coefficient (Wildman–Crippen LogP) is 7.67. The Bertz CT molecular complexity index is 1880. The number of ether oxygens (including phenoxy) is 3. The molecule has 1 spiro atoms. The molecule has 0 radical (unpaired) electrons. The predicted molar refractivity (Wildman–Crippen MR) is 190 cm³/mol. The molecule has 12 nitrogen and oxygen atoms in total. The minimum absolute atomic E-state index is 0.0529. The van der Waals surface area contributed by atoms with Crippen LogP contribution in [0.3, 0.4) is 0 Å². The van der Waals surface area contributed by atoms with Gasteiger partial charge in [0.2, 0.25) is 5.88 Å². The summed E-state index contributed by atoms with van der Waals surface area (Å²) in [6, 6.07) is 6.93. The van der Waals surface area contributed by atoms with Crippen molar-refractivity contribution < 1.29 is 36.4 Å². The third kappa shape index (κ3) is 7.62. The van der Waals surface area contributed by atoms with Crippen LogP contribution in [-0.2, 0) is 14.9 Å². The summed E-state index contributed by atoms with van der Waals surface area (Å²) in [7, 11) is -2.95. The summed E-state index contributed by atoms with van der Waals surface area (Å²) in [5.41, 5.74) is 1.57. The molecule has 2 aromatic carbocycles. The number of amides is 2. The summed E-state index contributed by atoms with van der Waals surface area (Å²) in [5.74, 6) is 0.390. The molecule has 1 aliphatic carbocycles. The molecule has 13 heteroatoms. The van der Waals surface area contributed by atoms with E-state index in [2.05, 4.69) is 23.8 Å². The lowest BCUT2D eigenvalue weighted by Crippen LogP contribution is -2.59. The van der Waals surface area contributed by atoms with E-state index in [1.54, 1.807) is 22.8 Å². The van der Waals surface area contributed by atoms with Crippen molar-refractivity contribution in [3.63, 3.8) is 0 Å². The van der Waals surface area contributed by atoms with E-state index < -0.39 is 33.4 Å². The standard InChI is InChI=1S/C37H50N4O8S/c1-21(2)25-16-26(22(3)4)32(27(17-25)23(5)6)50(44,45)49-33-28-18-31(30(46-11)19-29(28)38-24(7)39-33)47-35(43)41-15-14-40(20-37(41)12-13-37)34(42)48-36(8,9)10/h16-19,21-23H,12-15,20H2,1-11H3. The lowest BCUT2D eigenvalue weighted by Gasteiger charge is -2.41. The van der Waals surface area contributed by atoms with Crippen molar-refractivity contribution in [3.8, 4) is 17.4 Å². The monoisotopic (exact) mass is 710 g/mol. The van der Waals surface area contributed by atoms with Gasteiger partial charge in [-0.3, -0.25) is 4.90 Å². The topological polar surface area (TPSA) is 137 Å². The lowest BCUT2D eigenvalue weighted by molar-refractivity contribution is 0.00238. The molecule has 3 aromatic rings. The fraction of sp³-hybridized carbons (Fsp3) is 0.568. The van der Waals surface area contributed by atoms with Crippen LogP contribution in [-0.4, -0.2) is 78.3 Å². The number of carbonyl (C=O) groups is 2. The van der Waals surface area contributed by atoms with Gasteiger partial charge in [0.25, 0.3) is 0 Å². The van der Waals surface area contributed by atoms with Crippen molar-refractivity contribution in [1.82, 2.24) is 19.8 Å². The van der Waals surface area contributed by atoms with Crippen LogP contribution in [0.5, 0.6) is 17.4 Å². The number of rotatable bonds is 8. The normalized spacial score (nSPS) is 16.0. The van der Waals surface area contributed by atoms with E-state index in [1.807, 2.05) is 60.6 Å². The van der Waals surface area contributed by atoms with E-state index >= 15 is 0 Å². The van der Waals surface area contributed by atoms with E-state index in [-0.39, 0.29) is 57.8 Å². The number of carbonyl (C=O) groups excluding carboxylic acids is 2. The zero-order valence-corrected chi connectivity index (χ0v) is 31.9. The number of nitrogens with zero attached hydrogens (tertiary/aromatic N) is 4. The van der Waals surface area contributed by atoms with Gasteiger partial charge in [-0.25, -0.2) is 14.6 Å². The van der Waals surface area contributed by atoms with Crippen LogP contribution in [0.2, 0.25) is 0 Å². The first kappa shape index (κ1) is 37.1. The van der Waals surface area contributed by atoms with Crippen LogP contribution in [0.1, 0.15) is 115 Å². The Labute approximate surface area is 295 Å². The largest absolute Gasteiger partial charge is 0.493 e. The number of piperazine rings is 1. The van der Waals surface area contributed by atoms with Gasteiger partial charge < -0.3 is 23.3 Å². The molecule has 1 saturated heterocycles. The highest BCUT2D eigenvalue weighted by atomic mass is 32.2. The Morgan fingerprint density at radius 3 is 2.00 bits per heavy atom. The molecule has 2 aliphatic rings. The summed E-state index contributed by atoms with van der Waals surface area (Å²) < 4.78 is 51.5. The summed E-state index contributed by atoms with van der Waals surface area (Å²) in [6.45, 7) is 20.0. The van der Waals surface area contributed by atoms with Gasteiger partial charge in [-0.15, -0.1) is 0 Å². The van der Waals surface area contributed by atoms with Gasteiger partial charge in [0.05, 0.1) is 23.6 Å².